The molecule has 0 heterocycles. The molecule has 0 bridgehead atoms. The lowest BCUT2D eigenvalue weighted by Crippen LogP contribution is -2.20. The van der Waals surface area contributed by atoms with E-state index in [-0.39, 0.29) is 12.5 Å². The minimum Gasteiger partial charge on any atom is -0.484 e. The molecule has 2 rings (SSSR count). The topological polar surface area (TPSA) is 38.3 Å². The van der Waals surface area contributed by atoms with E-state index >= 15 is 0 Å². The van der Waals surface area contributed by atoms with Crippen LogP contribution >= 0.6 is 15.9 Å². The smallest absolute Gasteiger partial charge is 0.262 e. The molecule has 0 atom stereocenters. The molecule has 1 amide bonds. The minimum atomic E-state index is -0.167. The van der Waals surface area contributed by atoms with Gasteiger partial charge < -0.3 is 10.1 Å². The normalized spacial score (nSPS) is 10.2. The molecule has 0 spiro atoms. The maximum atomic E-state index is 11.8. The van der Waals surface area contributed by atoms with Crippen LogP contribution in [0, 0.1) is 6.92 Å². The highest BCUT2D eigenvalue weighted by Gasteiger charge is 2.05. The summed E-state index contributed by atoms with van der Waals surface area (Å²) in [4.78, 5) is 11.8. The second kappa shape index (κ2) is 7.27. The van der Waals surface area contributed by atoms with Gasteiger partial charge in [0.25, 0.3) is 5.91 Å². The van der Waals surface area contributed by atoms with Crippen LogP contribution in [-0.2, 0) is 11.2 Å². The third-order valence-electron chi connectivity index (χ3n) is 3.15. The van der Waals surface area contributed by atoms with Crippen molar-refractivity contribution >= 4 is 27.5 Å². The molecule has 110 valence electrons. The molecular weight excluding hydrogens is 330 g/mol. The summed E-state index contributed by atoms with van der Waals surface area (Å²) in [6.07, 6.45) is 0.986. The van der Waals surface area contributed by atoms with Crippen molar-refractivity contribution in [3.05, 3.63) is 58.1 Å². The van der Waals surface area contributed by atoms with Gasteiger partial charge in [-0.25, -0.2) is 0 Å². The second-order valence-corrected chi connectivity index (χ2v) is 5.65. The van der Waals surface area contributed by atoms with Crippen molar-refractivity contribution in [3.63, 3.8) is 0 Å². The van der Waals surface area contributed by atoms with Crippen LogP contribution in [0.3, 0.4) is 0 Å². The van der Waals surface area contributed by atoms with Crippen LogP contribution in [0.4, 0.5) is 5.69 Å². The summed E-state index contributed by atoms with van der Waals surface area (Å²) in [6.45, 7) is 4.07. The zero-order chi connectivity index (χ0) is 15.2. The molecule has 0 saturated carbocycles. The van der Waals surface area contributed by atoms with Crippen LogP contribution in [-0.4, -0.2) is 12.5 Å². The SMILES string of the molecule is CCc1ccc(NC(=O)COc2ccc(Br)c(C)c2)cc1. The number of carbonyl (C=O) groups excluding carboxylic acids is 1. The van der Waals surface area contributed by atoms with Crippen molar-refractivity contribution in [1.82, 2.24) is 0 Å². The van der Waals surface area contributed by atoms with Gasteiger partial charge in [0.15, 0.2) is 6.61 Å². The minimum absolute atomic E-state index is 0.00337. The van der Waals surface area contributed by atoms with E-state index in [2.05, 4.69) is 28.2 Å². The van der Waals surface area contributed by atoms with Gasteiger partial charge in [0.2, 0.25) is 0 Å². The maximum absolute atomic E-state index is 11.8. The van der Waals surface area contributed by atoms with Crippen molar-refractivity contribution < 1.29 is 9.53 Å². The number of anilines is 1. The third-order valence-corrected chi connectivity index (χ3v) is 4.04. The predicted octanol–water partition coefficient (Wildman–Crippen LogP) is 4.34. The van der Waals surface area contributed by atoms with Crippen molar-refractivity contribution in [1.29, 1.82) is 0 Å². The number of ether oxygens (including phenoxy) is 1. The summed E-state index contributed by atoms with van der Waals surface area (Å²) in [7, 11) is 0. The first-order valence-electron chi connectivity index (χ1n) is 6.86. The Balaban J connectivity index is 1.87. The van der Waals surface area contributed by atoms with Gasteiger partial charge in [-0.05, 0) is 54.8 Å². The molecule has 3 nitrogen and oxygen atoms in total. The number of nitrogens with one attached hydrogen (secondary N) is 1. The molecule has 0 aliphatic rings. The van der Waals surface area contributed by atoms with E-state index in [1.807, 2.05) is 49.4 Å². The van der Waals surface area contributed by atoms with Crippen LogP contribution < -0.4 is 10.1 Å². The molecule has 2 aromatic rings. The van der Waals surface area contributed by atoms with E-state index in [9.17, 15) is 4.79 Å². The molecule has 0 aliphatic heterocycles. The number of halogens is 1. The van der Waals surface area contributed by atoms with Crippen LogP contribution in [0.5, 0.6) is 5.75 Å². The third kappa shape index (κ3) is 4.60. The monoisotopic (exact) mass is 347 g/mol. The summed E-state index contributed by atoms with van der Waals surface area (Å²) in [5, 5.41) is 2.82. The quantitative estimate of drug-likeness (QED) is 0.873. The number of rotatable bonds is 5. The number of amides is 1. The van der Waals surface area contributed by atoms with Crippen molar-refractivity contribution in [2.24, 2.45) is 0 Å². The average Bonchev–Trinajstić information content (AvgIpc) is 2.49. The predicted molar refractivity (Wildman–Crippen MR) is 88.8 cm³/mol. The van der Waals surface area contributed by atoms with Gasteiger partial charge in [-0.2, -0.15) is 0 Å². The van der Waals surface area contributed by atoms with E-state index in [1.165, 1.54) is 5.56 Å². The van der Waals surface area contributed by atoms with Crippen LogP contribution in [0.15, 0.2) is 46.9 Å². The Labute approximate surface area is 133 Å². The Morgan fingerprint density at radius 2 is 1.90 bits per heavy atom. The Kier molecular flexibility index (Phi) is 5.39. The summed E-state index contributed by atoms with van der Waals surface area (Å²) >= 11 is 3.43. The lowest BCUT2D eigenvalue weighted by Gasteiger charge is -2.09. The summed E-state index contributed by atoms with van der Waals surface area (Å²) in [6, 6.07) is 13.5. The zero-order valence-electron chi connectivity index (χ0n) is 12.2. The first-order chi connectivity index (χ1) is 10.1. The molecule has 0 aromatic heterocycles. The number of aryl methyl sites for hydroxylation is 2. The van der Waals surface area contributed by atoms with Gasteiger partial charge in [0.05, 0.1) is 0 Å². The van der Waals surface area contributed by atoms with E-state index < -0.39 is 0 Å². The Morgan fingerprint density at radius 3 is 2.52 bits per heavy atom. The molecule has 4 heteroatoms. The molecule has 0 radical (unpaired) electrons. The lowest BCUT2D eigenvalue weighted by molar-refractivity contribution is -0.118. The van der Waals surface area contributed by atoms with E-state index in [0.717, 1.165) is 22.1 Å². The molecular formula is C17H18BrNO2. The van der Waals surface area contributed by atoms with Crippen molar-refractivity contribution in [2.45, 2.75) is 20.3 Å². The van der Waals surface area contributed by atoms with Crippen LogP contribution in [0.25, 0.3) is 0 Å². The fourth-order valence-electron chi connectivity index (χ4n) is 1.88. The molecule has 0 fully saturated rings. The summed E-state index contributed by atoms with van der Waals surface area (Å²) in [5.41, 5.74) is 3.10. The molecule has 0 unspecified atom stereocenters. The number of benzene rings is 2. The zero-order valence-corrected chi connectivity index (χ0v) is 13.7. The van der Waals surface area contributed by atoms with Gasteiger partial charge in [-0.15, -0.1) is 0 Å². The van der Waals surface area contributed by atoms with E-state index in [1.54, 1.807) is 0 Å². The largest absolute Gasteiger partial charge is 0.484 e. The Morgan fingerprint density at radius 1 is 1.19 bits per heavy atom. The number of carbonyl (C=O) groups is 1. The number of hydrogen-bond acceptors (Lipinski definition) is 2. The van der Waals surface area contributed by atoms with Gasteiger partial charge >= 0.3 is 0 Å². The van der Waals surface area contributed by atoms with Gasteiger partial charge in [-0.3, -0.25) is 4.79 Å². The molecule has 0 saturated heterocycles. The summed E-state index contributed by atoms with van der Waals surface area (Å²) in [5.74, 6) is 0.520. The van der Waals surface area contributed by atoms with Crippen molar-refractivity contribution in [2.75, 3.05) is 11.9 Å². The second-order valence-electron chi connectivity index (χ2n) is 4.80. The van der Waals surface area contributed by atoms with Gasteiger partial charge in [-0.1, -0.05) is 35.0 Å². The summed E-state index contributed by atoms with van der Waals surface area (Å²) < 4.78 is 6.51. The molecule has 0 aliphatic carbocycles. The van der Waals surface area contributed by atoms with Crippen LogP contribution in [0.1, 0.15) is 18.1 Å². The first-order valence-corrected chi connectivity index (χ1v) is 7.65. The Bertz CT molecular complexity index is 623. The highest BCUT2D eigenvalue weighted by molar-refractivity contribution is 9.10. The fourth-order valence-corrected chi connectivity index (χ4v) is 2.12. The fraction of sp³-hybridized carbons (Fsp3) is 0.235. The van der Waals surface area contributed by atoms with Crippen molar-refractivity contribution in [3.8, 4) is 5.75 Å². The standard InChI is InChI=1S/C17H18BrNO2/c1-3-13-4-6-14(7-5-13)19-17(20)11-21-15-8-9-16(18)12(2)10-15/h4-10H,3,11H2,1-2H3,(H,19,20). The number of hydrogen-bond donors (Lipinski definition) is 1. The van der Waals surface area contributed by atoms with E-state index in [4.69, 9.17) is 4.74 Å². The van der Waals surface area contributed by atoms with Crippen LogP contribution in [0.2, 0.25) is 0 Å². The first kappa shape index (κ1) is 15.6. The highest BCUT2D eigenvalue weighted by Crippen LogP contribution is 2.21. The van der Waals surface area contributed by atoms with E-state index in [0.29, 0.717) is 5.75 Å². The lowest BCUT2D eigenvalue weighted by atomic mass is 10.1. The molecule has 2 aromatic carbocycles. The van der Waals surface area contributed by atoms with Gasteiger partial charge in [0, 0.05) is 10.2 Å². The molecule has 21 heavy (non-hydrogen) atoms. The maximum Gasteiger partial charge on any atom is 0.262 e. The van der Waals surface area contributed by atoms with Gasteiger partial charge in [0.1, 0.15) is 5.75 Å². The average molecular weight is 348 g/mol. The Hall–Kier alpha value is -1.81. The highest BCUT2D eigenvalue weighted by atomic mass is 79.9. The molecule has 1 N–H and O–H groups in total.